The van der Waals surface area contributed by atoms with Crippen LogP contribution < -0.4 is 9.62 Å². The predicted octanol–water partition coefficient (Wildman–Crippen LogP) is 3.40. The summed E-state index contributed by atoms with van der Waals surface area (Å²) in [5.41, 5.74) is 2.59. The van der Waals surface area contributed by atoms with Gasteiger partial charge in [0.15, 0.2) is 0 Å². The highest BCUT2D eigenvalue weighted by Gasteiger charge is 2.31. The van der Waals surface area contributed by atoms with Gasteiger partial charge >= 0.3 is 0 Å². The molecule has 0 aliphatic heterocycles. The molecule has 0 saturated heterocycles. The molecule has 0 unspecified atom stereocenters. The van der Waals surface area contributed by atoms with E-state index >= 15 is 0 Å². The van der Waals surface area contributed by atoms with Gasteiger partial charge in [0, 0.05) is 12.1 Å². The molecule has 2 aromatic rings. The van der Waals surface area contributed by atoms with Crippen LogP contribution in [0, 0.1) is 13.8 Å². The van der Waals surface area contributed by atoms with Crippen molar-refractivity contribution in [3.63, 3.8) is 0 Å². The van der Waals surface area contributed by atoms with Gasteiger partial charge in [-0.3, -0.25) is 13.9 Å². The fourth-order valence-corrected chi connectivity index (χ4v) is 4.38. The van der Waals surface area contributed by atoms with Crippen molar-refractivity contribution >= 4 is 27.5 Å². The summed E-state index contributed by atoms with van der Waals surface area (Å²) < 4.78 is 26.4. The number of nitrogens with zero attached hydrogens (tertiary/aromatic N) is 2. The predicted molar refractivity (Wildman–Crippen MR) is 132 cm³/mol. The zero-order chi connectivity index (χ0) is 25.0. The molecule has 33 heavy (non-hydrogen) atoms. The average molecular weight is 474 g/mol. The van der Waals surface area contributed by atoms with Crippen LogP contribution in [0.2, 0.25) is 0 Å². The van der Waals surface area contributed by atoms with Crippen LogP contribution in [-0.4, -0.2) is 49.5 Å². The molecule has 2 amide bonds. The van der Waals surface area contributed by atoms with Crippen LogP contribution >= 0.6 is 0 Å². The van der Waals surface area contributed by atoms with E-state index in [-0.39, 0.29) is 12.5 Å². The van der Waals surface area contributed by atoms with Crippen LogP contribution in [0.4, 0.5) is 5.69 Å². The maximum atomic E-state index is 13.5. The number of benzene rings is 2. The maximum absolute atomic E-state index is 13.5. The van der Waals surface area contributed by atoms with Crippen LogP contribution in [0.15, 0.2) is 48.5 Å². The van der Waals surface area contributed by atoms with Crippen molar-refractivity contribution < 1.29 is 18.0 Å². The minimum atomic E-state index is -3.74. The monoisotopic (exact) mass is 473 g/mol. The Morgan fingerprint density at radius 3 is 2.03 bits per heavy atom. The van der Waals surface area contributed by atoms with Gasteiger partial charge in [-0.05, 0) is 70.4 Å². The Morgan fingerprint density at radius 1 is 1.00 bits per heavy atom. The molecule has 0 radical (unpaired) electrons. The Balaban J connectivity index is 2.41. The number of carbonyl (C=O) groups excluding carboxylic acids is 2. The minimum absolute atomic E-state index is 0.183. The van der Waals surface area contributed by atoms with E-state index in [2.05, 4.69) is 5.32 Å². The zero-order valence-corrected chi connectivity index (χ0v) is 21.4. The number of sulfonamides is 1. The van der Waals surface area contributed by atoms with Gasteiger partial charge in [0.2, 0.25) is 21.8 Å². The third-order valence-corrected chi connectivity index (χ3v) is 6.18. The van der Waals surface area contributed by atoms with Crippen molar-refractivity contribution in [3.05, 3.63) is 65.2 Å². The lowest BCUT2D eigenvalue weighted by atomic mass is 10.1. The summed E-state index contributed by atoms with van der Waals surface area (Å²) in [5, 5.41) is 2.91. The highest BCUT2D eigenvalue weighted by atomic mass is 32.2. The normalized spacial score (nSPS) is 12.7. The summed E-state index contributed by atoms with van der Waals surface area (Å²) >= 11 is 0. The van der Waals surface area contributed by atoms with E-state index in [4.69, 9.17) is 0 Å². The summed E-state index contributed by atoms with van der Waals surface area (Å²) in [5.74, 6) is -0.760. The summed E-state index contributed by atoms with van der Waals surface area (Å²) in [4.78, 5) is 27.8. The molecule has 2 rings (SSSR count). The largest absolute Gasteiger partial charge is 0.350 e. The number of rotatable bonds is 8. The second-order valence-corrected chi connectivity index (χ2v) is 11.4. The third kappa shape index (κ3) is 7.89. The number of hydrogen-bond acceptors (Lipinski definition) is 4. The number of hydrogen-bond donors (Lipinski definition) is 1. The molecule has 0 aliphatic carbocycles. The summed E-state index contributed by atoms with van der Waals surface area (Å²) in [6.07, 6.45) is 1.08. The molecular weight excluding hydrogens is 438 g/mol. The Morgan fingerprint density at radius 2 is 1.55 bits per heavy atom. The Bertz CT molecular complexity index is 1070. The molecule has 180 valence electrons. The first-order valence-corrected chi connectivity index (χ1v) is 12.7. The summed E-state index contributed by atoms with van der Waals surface area (Å²) in [6.45, 7) is 10.8. The smallest absolute Gasteiger partial charge is 0.244 e. The average Bonchev–Trinajstić information content (AvgIpc) is 2.67. The first-order valence-electron chi connectivity index (χ1n) is 10.9. The molecule has 0 saturated carbocycles. The van der Waals surface area contributed by atoms with Crippen molar-refractivity contribution in [3.8, 4) is 0 Å². The lowest BCUT2D eigenvalue weighted by Crippen LogP contribution is -2.54. The Hall–Kier alpha value is -2.87. The van der Waals surface area contributed by atoms with Crippen LogP contribution in [0.3, 0.4) is 0 Å². The van der Waals surface area contributed by atoms with Crippen LogP contribution in [0.5, 0.6) is 0 Å². The van der Waals surface area contributed by atoms with Crippen LogP contribution in [-0.2, 0) is 26.2 Å². The highest BCUT2D eigenvalue weighted by Crippen LogP contribution is 2.22. The maximum Gasteiger partial charge on any atom is 0.244 e. The van der Waals surface area contributed by atoms with E-state index in [0.717, 1.165) is 27.3 Å². The van der Waals surface area contributed by atoms with Gasteiger partial charge in [0.05, 0.1) is 11.9 Å². The first-order chi connectivity index (χ1) is 15.2. The van der Waals surface area contributed by atoms with Gasteiger partial charge in [-0.25, -0.2) is 8.42 Å². The van der Waals surface area contributed by atoms with E-state index < -0.39 is 34.1 Å². The number of amides is 2. The molecule has 8 heteroatoms. The topological polar surface area (TPSA) is 86.8 Å². The Labute approximate surface area is 197 Å². The van der Waals surface area contributed by atoms with E-state index in [1.165, 1.54) is 4.90 Å². The van der Waals surface area contributed by atoms with Crippen molar-refractivity contribution in [1.29, 1.82) is 0 Å². The van der Waals surface area contributed by atoms with Crippen LogP contribution in [0.1, 0.15) is 44.4 Å². The lowest BCUT2D eigenvalue weighted by Gasteiger charge is -2.33. The molecule has 0 aliphatic rings. The van der Waals surface area contributed by atoms with Gasteiger partial charge in [0.25, 0.3) is 0 Å². The molecule has 0 bridgehead atoms. The molecule has 0 spiro atoms. The second kappa shape index (κ2) is 10.4. The molecular formula is C25H35N3O4S. The molecule has 1 atom stereocenters. The number of nitrogens with one attached hydrogen (secondary N) is 1. The van der Waals surface area contributed by atoms with Gasteiger partial charge in [-0.1, -0.05) is 36.4 Å². The quantitative estimate of drug-likeness (QED) is 0.637. The van der Waals surface area contributed by atoms with Gasteiger partial charge < -0.3 is 10.2 Å². The fraction of sp³-hybridized carbons (Fsp3) is 0.440. The third-order valence-electron chi connectivity index (χ3n) is 5.03. The van der Waals surface area contributed by atoms with Gasteiger partial charge in [0.1, 0.15) is 12.6 Å². The summed E-state index contributed by atoms with van der Waals surface area (Å²) in [6, 6.07) is 13.9. The van der Waals surface area contributed by atoms with Crippen molar-refractivity contribution in [2.75, 3.05) is 17.1 Å². The van der Waals surface area contributed by atoms with Gasteiger partial charge in [-0.2, -0.15) is 0 Å². The van der Waals surface area contributed by atoms with Crippen molar-refractivity contribution in [2.24, 2.45) is 0 Å². The van der Waals surface area contributed by atoms with Crippen molar-refractivity contribution in [1.82, 2.24) is 10.2 Å². The van der Waals surface area contributed by atoms with E-state index in [1.807, 2.05) is 71.0 Å². The molecule has 0 heterocycles. The number of aryl methyl sites for hydroxylation is 2. The first kappa shape index (κ1) is 26.4. The second-order valence-electron chi connectivity index (χ2n) is 9.54. The van der Waals surface area contributed by atoms with Crippen molar-refractivity contribution in [2.45, 2.75) is 59.7 Å². The minimum Gasteiger partial charge on any atom is -0.350 e. The lowest BCUT2D eigenvalue weighted by molar-refractivity contribution is -0.140. The molecule has 0 aromatic heterocycles. The van der Waals surface area contributed by atoms with Gasteiger partial charge in [-0.15, -0.1) is 0 Å². The highest BCUT2D eigenvalue weighted by molar-refractivity contribution is 7.92. The van der Waals surface area contributed by atoms with E-state index in [0.29, 0.717) is 5.69 Å². The molecule has 1 N–H and O–H groups in total. The molecule has 0 fully saturated rings. The number of carbonyl (C=O) groups is 2. The molecule has 7 nitrogen and oxygen atoms in total. The number of anilines is 1. The Kier molecular flexibility index (Phi) is 8.30. The standard InChI is InChI=1S/C25H35N3O4S/c1-18-13-19(2)15-22(14-18)28(33(7,31)32)17-23(29)27(16-21-11-9-8-10-12-21)20(3)24(30)26-25(4,5)6/h8-15,20H,16-17H2,1-7H3,(H,26,30)/t20-/m1/s1. The van der Waals surface area contributed by atoms with E-state index in [9.17, 15) is 18.0 Å². The van der Waals surface area contributed by atoms with E-state index in [1.54, 1.807) is 19.1 Å². The molecule has 2 aromatic carbocycles. The summed E-state index contributed by atoms with van der Waals surface area (Å²) in [7, 11) is -3.74. The zero-order valence-electron chi connectivity index (χ0n) is 20.5. The SMILES string of the molecule is Cc1cc(C)cc(N(CC(=O)N(Cc2ccccc2)[C@H](C)C(=O)NC(C)(C)C)S(C)(=O)=O)c1. The van der Waals surface area contributed by atoms with Crippen LogP contribution in [0.25, 0.3) is 0 Å². The fourth-order valence-electron chi connectivity index (χ4n) is 3.55.